The Morgan fingerprint density at radius 2 is 2.18 bits per heavy atom. The van der Waals surface area contributed by atoms with Crippen LogP contribution >= 0.6 is 22.9 Å². The number of halogens is 4. The summed E-state index contributed by atoms with van der Waals surface area (Å²) in [6, 6.07) is 1.97. The van der Waals surface area contributed by atoms with Crippen LogP contribution in [0.2, 0.25) is 5.02 Å². The summed E-state index contributed by atoms with van der Waals surface area (Å²) < 4.78 is 38.9. The van der Waals surface area contributed by atoms with Gasteiger partial charge in [0.15, 0.2) is 5.69 Å². The van der Waals surface area contributed by atoms with Gasteiger partial charge in [-0.25, -0.2) is 0 Å². The molecule has 2 aromatic heterocycles. The average molecular weight is 352 g/mol. The van der Waals surface area contributed by atoms with E-state index in [1.54, 1.807) is 11.3 Å². The number of amides is 1. The van der Waals surface area contributed by atoms with Gasteiger partial charge in [0.25, 0.3) is 5.91 Å². The molecular weight excluding hydrogens is 339 g/mol. The van der Waals surface area contributed by atoms with Gasteiger partial charge in [0.1, 0.15) is 10.7 Å². The van der Waals surface area contributed by atoms with E-state index < -0.39 is 22.8 Å². The van der Waals surface area contributed by atoms with Crippen LogP contribution in [-0.2, 0) is 19.6 Å². The second-order valence-electron chi connectivity index (χ2n) is 4.67. The fourth-order valence-corrected chi connectivity index (χ4v) is 3.22. The molecule has 0 unspecified atom stereocenters. The Bertz CT molecular complexity index is 693. The van der Waals surface area contributed by atoms with E-state index in [4.69, 9.17) is 11.6 Å². The molecule has 2 aromatic rings. The van der Waals surface area contributed by atoms with E-state index in [2.05, 4.69) is 10.4 Å². The van der Waals surface area contributed by atoms with E-state index >= 15 is 0 Å². The minimum atomic E-state index is -4.69. The van der Waals surface area contributed by atoms with Gasteiger partial charge >= 0.3 is 6.18 Å². The molecule has 0 aromatic carbocycles. The number of thiophene rings is 1. The molecular formula is C13H13ClF3N3OS. The predicted molar refractivity (Wildman–Crippen MR) is 78.3 cm³/mol. The van der Waals surface area contributed by atoms with Crippen LogP contribution in [0.25, 0.3) is 0 Å². The van der Waals surface area contributed by atoms with Crippen molar-refractivity contribution in [3.8, 4) is 0 Å². The molecule has 120 valence electrons. The molecule has 2 rings (SSSR count). The van der Waals surface area contributed by atoms with Crippen molar-refractivity contribution in [1.29, 1.82) is 0 Å². The average Bonchev–Trinajstić information content (AvgIpc) is 2.93. The molecule has 1 amide bonds. The van der Waals surface area contributed by atoms with Gasteiger partial charge in [-0.15, -0.1) is 11.3 Å². The van der Waals surface area contributed by atoms with Crippen molar-refractivity contribution in [2.75, 3.05) is 6.54 Å². The maximum Gasteiger partial charge on any atom is 0.436 e. The van der Waals surface area contributed by atoms with Gasteiger partial charge in [0.05, 0.1) is 0 Å². The zero-order valence-corrected chi connectivity index (χ0v) is 13.4. The normalized spacial score (nSPS) is 11.7. The van der Waals surface area contributed by atoms with Gasteiger partial charge in [0.2, 0.25) is 0 Å². The van der Waals surface area contributed by atoms with Crippen LogP contribution in [0, 0.1) is 6.92 Å². The first-order chi connectivity index (χ1) is 10.2. The van der Waals surface area contributed by atoms with Crippen molar-refractivity contribution in [1.82, 2.24) is 15.1 Å². The zero-order valence-electron chi connectivity index (χ0n) is 11.8. The quantitative estimate of drug-likeness (QED) is 0.917. The molecule has 22 heavy (non-hydrogen) atoms. The van der Waals surface area contributed by atoms with Crippen molar-refractivity contribution in [3.63, 3.8) is 0 Å². The van der Waals surface area contributed by atoms with Crippen molar-refractivity contribution < 1.29 is 18.0 Å². The van der Waals surface area contributed by atoms with Crippen molar-refractivity contribution in [2.45, 2.75) is 19.5 Å². The Hall–Kier alpha value is -1.54. The Kier molecular flexibility index (Phi) is 4.81. The van der Waals surface area contributed by atoms with E-state index in [1.165, 1.54) is 7.05 Å². The van der Waals surface area contributed by atoms with Gasteiger partial charge in [0, 0.05) is 18.5 Å². The lowest BCUT2D eigenvalue weighted by Gasteiger charge is -2.06. The van der Waals surface area contributed by atoms with E-state index in [0.717, 1.165) is 15.1 Å². The van der Waals surface area contributed by atoms with E-state index in [1.807, 2.05) is 18.4 Å². The highest BCUT2D eigenvalue weighted by atomic mass is 35.5. The largest absolute Gasteiger partial charge is 0.436 e. The number of hydrogen-bond donors (Lipinski definition) is 1. The Labute approximate surface area is 133 Å². The number of nitrogens with zero attached hydrogens (tertiary/aromatic N) is 2. The van der Waals surface area contributed by atoms with Gasteiger partial charge in [-0.2, -0.15) is 18.3 Å². The second kappa shape index (κ2) is 6.29. The standard InChI is InChI=1S/C13H13ClF3N3OS/c1-7-4-6-22-8(7)3-5-18-12(21)10-9(14)11(13(15,16)17)19-20(10)2/h4,6H,3,5H2,1-2H3,(H,18,21). The fourth-order valence-electron chi connectivity index (χ4n) is 1.96. The van der Waals surface area contributed by atoms with E-state index in [9.17, 15) is 18.0 Å². The number of aryl methyl sites for hydroxylation is 2. The summed E-state index contributed by atoms with van der Waals surface area (Å²) in [5, 5.41) is 7.11. The molecule has 0 bridgehead atoms. The summed E-state index contributed by atoms with van der Waals surface area (Å²) in [4.78, 5) is 13.1. The van der Waals surface area contributed by atoms with Crippen LogP contribution in [0.4, 0.5) is 13.2 Å². The highest BCUT2D eigenvalue weighted by Crippen LogP contribution is 2.35. The number of carbonyl (C=O) groups excluding carboxylic acids is 1. The highest BCUT2D eigenvalue weighted by Gasteiger charge is 2.39. The Morgan fingerprint density at radius 3 is 2.68 bits per heavy atom. The van der Waals surface area contributed by atoms with Crippen molar-refractivity contribution in [3.05, 3.63) is 38.3 Å². The lowest BCUT2D eigenvalue weighted by atomic mass is 10.2. The van der Waals surface area contributed by atoms with Crippen LogP contribution in [0.5, 0.6) is 0 Å². The third kappa shape index (κ3) is 3.44. The molecule has 0 radical (unpaired) electrons. The first-order valence-corrected chi connectivity index (χ1v) is 7.58. The lowest BCUT2D eigenvalue weighted by molar-refractivity contribution is -0.141. The molecule has 0 aliphatic rings. The summed E-state index contributed by atoms with van der Waals surface area (Å²) >= 11 is 7.22. The van der Waals surface area contributed by atoms with Gasteiger partial charge in [-0.3, -0.25) is 9.48 Å². The molecule has 0 atom stereocenters. The highest BCUT2D eigenvalue weighted by molar-refractivity contribution is 7.10. The monoisotopic (exact) mass is 351 g/mol. The van der Waals surface area contributed by atoms with Crippen LogP contribution in [0.1, 0.15) is 26.6 Å². The molecule has 0 aliphatic carbocycles. The number of rotatable bonds is 4. The minimum Gasteiger partial charge on any atom is -0.350 e. The number of carbonyl (C=O) groups is 1. The van der Waals surface area contributed by atoms with Crippen LogP contribution in [0.3, 0.4) is 0 Å². The van der Waals surface area contributed by atoms with Crippen molar-refractivity contribution >= 4 is 28.8 Å². The summed E-state index contributed by atoms with van der Waals surface area (Å²) in [6.07, 6.45) is -4.09. The molecule has 4 nitrogen and oxygen atoms in total. The molecule has 0 saturated heterocycles. The molecule has 2 heterocycles. The van der Waals surface area contributed by atoms with E-state index in [0.29, 0.717) is 13.0 Å². The smallest absolute Gasteiger partial charge is 0.350 e. The summed E-state index contributed by atoms with van der Waals surface area (Å²) in [5.41, 5.74) is -0.426. The molecule has 0 aliphatic heterocycles. The predicted octanol–water partition coefficient (Wildman–Crippen LogP) is 3.43. The first-order valence-electron chi connectivity index (χ1n) is 6.32. The van der Waals surface area contributed by atoms with Crippen molar-refractivity contribution in [2.24, 2.45) is 7.05 Å². The van der Waals surface area contributed by atoms with Crippen LogP contribution < -0.4 is 5.32 Å². The summed E-state index contributed by atoms with van der Waals surface area (Å²) in [5.74, 6) is -0.676. The number of hydrogen-bond acceptors (Lipinski definition) is 3. The lowest BCUT2D eigenvalue weighted by Crippen LogP contribution is -2.27. The maximum atomic E-state index is 12.7. The number of aromatic nitrogens is 2. The molecule has 9 heteroatoms. The summed E-state index contributed by atoms with van der Waals surface area (Å²) in [6.45, 7) is 2.27. The van der Waals surface area contributed by atoms with Crippen LogP contribution in [-0.4, -0.2) is 22.2 Å². The Balaban J connectivity index is 2.07. The topological polar surface area (TPSA) is 46.9 Å². The third-order valence-corrected chi connectivity index (χ3v) is 4.52. The molecule has 1 N–H and O–H groups in total. The second-order valence-corrected chi connectivity index (χ2v) is 6.04. The molecule has 0 fully saturated rings. The van der Waals surface area contributed by atoms with Gasteiger partial charge < -0.3 is 5.32 Å². The van der Waals surface area contributed by atoms with E-state index in [-0.39, 0.29) is 5.69 Å². The first kappa shape index (κ1) is 16.8. The SMILES string of the molecule is Cc1ccsc1CCNC(=O)c1c(Cl)c(C(F)(F)F)nn1C. The van der Waals surface area contributed by atoms with Crippen LogP contribution in [0.15, 0.2) is 11.4 Å². The third-order valence-electron chi connectivity index (χ3n) is 3.08. The number of alkyl halides is 3. The number of nitrogens with one attached hydrogen (secondary N) is 1. The molecule has 0 saturated carbocycles. The summed E-state index contributed by atoms with van der Waals surface area (Å²) in [7, 11) is 1.25. The zero-order chi connectivity index (χ0) is 16.5. The fraction of sp³-hybridized carbons (Fsp3) is 0.385. The maximum absolute atomic E-state index is 12.7. The molecule has 0 spiro atoms. The van der Waals surface area contributed by atoms with Gasteiger partial charge in [-0.05, 0) is 30.4 Å². The Morgan fingerprint density at radius 1 is 1.50 bits per heavy atom. The minimum absolute atomic E-state index is 0.295. The van der Waals surface area contributed by atoms with Gasteiger partial charge in [-0.1, -0.05) is 11.6 Å².